The molecule has 0 amide bonds. The van der Waals surface area contributed by atoms with Gasteiger partial charge in [-0.05, 0) is 78.9 Å². The van der Waals surface area contributed by atoms with Gasteiger partial charge in [-0.25, -0.2) is 8.42 Å². The second kappa shape index (κ2) is 10.2. The van der Waals surface area contributed by atoms with Crippen LogP contribution in [0.1, 0.15) is 18.4 Å². The van der Waals surface area contributed by atoms with Crippen molar-refractivity contribution in [2.75, 3.05) is 26.0 Å². The highest BCUT2D eigenvalue weighted by Gasteiger charge is 2.20. The fourth-order valence-electron chi connectivity index (χ4n) is 4.03. The first-order chi connectivity index (χ1) is 15.4. The summed E-state index contributed by atoms with van der Waals surface area (Å²) in [5.74, 6) is 1.45. The molecule has 32 heavy (non-hydrogen) atoms. The highest BCUT2D eigenvalue weighted by Crippen LogP contribution is 2.26. The highest BCUT2D eigenvalue weighted by molar-refractivity contribution is 9.10. The van der Waals surface area contributed by atoms with Gasteiger partial charge >= 0.3 is 0 Å². The van der Waals surface area contributed by atoms with Crippen LogP contribution in [0.4, 0.5) is 0 Å². The fourth-order valence-corrected chi connectivity index (χ4v) is 5.07. The molecule has 0 unspecified atom stereocenters. The number of halogens is 1. The molecule has 0 N–H and O–H groups in total. The molecular weight excluding hydrogens is 486 g/mol. The SMILES string of the molecule is CS(=O)(=O)c1ccc(-c2ccc(OCC3CCN(Cc4ccccc4Br)CC3)cc2)cc1. The molecule has 1 aliphatic rings. The number of nitrogens with zero attached hydrogens (tertiary/aromatic N) is 1. The van der Waals surface area contributed by atoms with Crippen LogP contribution in [0.2, 0.25) is 0 Å². The summed E-state index contributed by atoms with van der Waals surface area (Å²) in [6.07, 6.45) is 3.52. The first-order valence-corrected chi connectivity index (χ1v) is 13.6. The predicted octanol–water partition coefficient (Wildman–Crippen LogP) is 5.81. The van der Waals surface area contributed by atoms with Crippen LogP contribution in [0.3, 0.4) is 0 Å². The van der Waals surface area contributed by atoms with Crippen LogP contribution >= 0.6 is 15.9 Å². The maximum Gasteiger partial charge on any atom is 0.175 e. The molecule has 0 spiro atoms. The van der Waals surface area contributed by atoms with Gasteiger partial charge in [-0.15, -0.1) is 0 Å². The molecule has 0 atom stereocenters. The average molecular weight is 514 g/mol. The topological polar surface area (TPSA) is 46.6 Å². The number of benzene rings is 3. The molecule has 0 aliphatic carbocycles. The van der Waals surface area contributed by atoms with Gasteiger partial charge in [-0.1, -0.05) is 58.4 Å². The van der Waals surface area contributed by atoms with Crippen molar-refractivity contribution < 1.29 is 13.2 Å². The fraction of sp³-hybridized carbons (Fsp3) is 0.308. The van der Waals surface area contributed by atoms with Gasteiger partial charge in [0.25, 0.3) is 0 Å². The van der Waals surface area contributed by atoms with Gasteiger partial charge in [0, 0.05) is 17.3 Å². The predicted molar refractivity (Wildman–Crippen MR) is 133 cm³/mol. The molecule has 0 saturated carbocycles. The van der Waals surface area contributed by atoms with Gasteiger partial charge in [-0.3, -0.25) is 4.90 Å². The summed E-state index contributed by atoms with van der Waals surface area (Å²) in [5.41, 5.74) is 3.37. The molecular formula is C26H28BrNO3S. The summed E-state index contributed by atoms with van der Waals surface area (Å²) in [6.45, 7) is 3.92. The lowest BCUT2D eigenvalue weighted by Gasteiger charge is -2.32. The van der Waals surface area contributed by atoms with E-state index in [2.05, 4.69) is 45.1 Å². The Morgan fingerprint density at radius 3 is 2.09 bits per heavy atom. The van der Waals surface area contributed by atoms with Gasteiger partial charge in [0.2, 0.25) is 0 Å². The Kier molecular flexibility index (Phi) is 7.33. The zero-order chi connectivity index (χ0) is 22.6. The molecule has 3 aromatic rings. The number of ether oxygens (including phenoxy) is 1. The van der Waals surface area contributed by atoms with E-state index < -0.39 is 9.84 Å². The van der Waals surface area contributed by atoms with Crippen molar-refractivity contribution in [3.8, 4) is 16.9 Å². The smallest absolute Gasteiger partial charge is 0.175 e. The summed E-state index contributed by atoms with van der Waals surface area (Å²) in [7, 11) is -3.17. The molecule has 1 heterocycles. The standard InChI is InChI=1S/C26H28BrNO3S/c1-32(29,30)25-12-8-22(9-13-25)21-6-10-24(11-7-21)31-19-20-14-16-28(17-15-20)18-23-4-2-3-5-26(23)27/h2-13,20H,14-19H2,1H3. The molecule has 0 aromatic heterocycles. The van der Waals surface area contributed by atoms with E-state index in [-0.39, 0.29) is 0 Å². The van der Waals surface area contributed by atoms with E-state index in [1.165, 1.54) is 16.3 Å². The minimum Gasteiger partial charge on any atom is -0.493 e. The highest BCUT2D eigenvalue weighted by atomic mass is 79.9. The zero-order valence-corrected chi connectivity index (χ0v) is 20.6. The lowest BCUT2D eigenvalue weighted by atomic mass is 9.97. The van der Waals surface area contributed by atoms with E-state index in [0.717, 1.165) is 56.0 Å². The van der Waals surface area contributed by atoms with E-state index in [1.807, 2.05) is 36.4 Å². The molecule has 4 nitrogen and oxygen atoms in total. The molecule has 0 bridgehead atoms. The molecule has 1 saturated heterocycles. The van der Waals surface area contributed by atoms with Crippen LogP contribution in [-0.2, 0) is 16.4 Å². The molecule has 1 fully saturated rings. The molecule has 1 aliphatic heterocycles. The van der Waals surface area contributed by atoms with E-state index in [0.29, 0.717) is 10.8 Å². The summed E-state index contributed by atoms with van der Waals surface area (Å²) in [4.78, 5) is 2.85. The molecule has 0 radical (unpaired) electrons. The monoisotopic (exact) mass is 513 g/mol. The van der Waals surface area contributed by atoms with Crippen molar-refractivity contribution in [3.63, 3.8) is 0 Å². The second-order valence-corrected chi connectivity index (χ2v) is 11.3. The molecule has 3 aromatic carbocycles. The van der Waals surface area contributed by atoms with Gasteiger partial charge in [0.15, 0.2) is 9.84 Å². The Balaban J connectivity index is 1.26. The van der Waals surface area contributed by atoms with E-state index in [4.69, 9.17) is 4.74 Å². The van der Waals surface area contributed by atoms with Gasteiger partial charge in [0.05, 0.1) is 11.5 Å². The van der Waals surface area contributed by atoms with Crippen molar-refractivity contribution in [2.45, 2.75) is 24.3 Å². The van der Waals surface area contributed by atoms with Crippen LogP contribution in [-0.4, -0.2) is 39.3 Å². The van der Waals surface area contributed by atoms with Gasteiger partial charge < -0.3 is 4.74 Å². The third-order valence-corrected chi connectivity index (χ3v) is 7.92. The largest absolute Gasteiger partial charge is 0.493 e. The quantitative estimate of drug-likeness (QED) is 0.399. The Bertz CT molecular complexity index is 1140. The molecule has 168 valence electrons. The van der Waals surface area contributed by atoms with Crippen LogP contribution < -0.4 is 4.74 Å². The molecule has 6 heteroatoms. The molecule has 4 rings (SSSR count). The first kappa shape index (κ1) is 23.0. The van der Waals surface area contributed by atoms with E-state index in [1.54, 1.807) is 12.1 Å². The number of piperidine rings is 1. The number of sulfone groups is 1. The van der Waals surface area contributed by atoms with E-state index in [9.17, 15) is 8.42 Å². The lowest BCUT2D eigenvalue weighted by molar-refractivity contribution is 0.136. The average Bonchev–Trinajstić information content (AvgIpc) is 2.80. The Morgan fingerprint density at radius 2 is 1.50 bits per heavy atom. The Morgan fingerprint density at radius 1 is 0.906 bits per heavy atom. The maximum absolute atomic E-state index is 11.6. The zero-order valence-electron chi connectivity index (χ0n) is 18.2. The Hall–Kier alpha value is -2.15. The van der Waals surface area contributed by atoms with Crippen molar-refractivity contribution in [1.29, 1.82) is 0 Å². The second-order valence-electron chi connectivity index (χ2n) is 8.44. The van der Waals surface area contributed by atoms with Crippen molar-refractivity contribution in [1.82, 2.24) is 4.90 Å². The number of likely N-dealkylation sites (tertiary alicyclic amines) is 1. The van der Waals surface area contributed by atoms with Crippen molar-refractivity contribution in [3.05, 3.63) is 82.8 Å². The number of hydrogen-bond donors (Lipinski definition) is 0. The summed E-state index contributed by atoms with van der Waals surface area (Å²) in [5, 5.41) is 0. The van der Waals surface area contributed by atoms with Gasteiger partial charge in [-0.2, -0.15) is 0 Å². The Labute approximate surface area is 199 Å². The number of hydrogen-bond acceptors (Lipinski definition) is 4. The van der Waals surface area contributed by atoms with E-state index >= 15 is 0 Å². The third kappa shape index (κ3) is 6.00. The van der Waals surface area contributed by atoms with Crippen molar-refractivity contribution in [2.24, 2.45) is 5.92 Å². The van der Waals surface area contributed by atoms with Crippen molar-refractivity contribution >= 4 is 25.8 Å². The minimum absolute atomic E-state index is 0.337. The van der Waals surface area contributed by atoms with Crippen LogP contribution in [0, 0.1) is 5.92 Å². The summed E-state index contributed by atoms with van der Waals surface area (Å²) in [6, 6.07) is 23.4. The number of rotatable bonds is 7. The first-order valence-electron chi connectivity index (χ1n) is 10.9. The van der Waals surface area contributed by atoms with Crippen LogP contribution in [0.25, 0.3) is 11.1 Å². The third-order valence-electron chi connectivity index (χ3n) is 6.01. The van der Waals surface area contributed by atoms with Crippen LogP contribution in [0.15, 0.2) is 82.2 Å². The van der Waals surface area contributed by atoms with Gasteiger partial charge in [0.1, 0.15) is 5.75 Å². The van der Waals surface area contributed by atoms with Crippen LogP contribution in [0.5, 0.6) is 5.75 Å². The normalized spacial score (nSPS) is 15.6. The lowest BCUT2D eigenvalue weighted by Crippen LogP contribution is -2.35. The minimum atomic E-state index is -3.17. The summed E-state index contributed by atoms with van der Waals surface area (Å²) >= 11 is 3.65. The summed E-state index contributed by atoms with van der Waals surface area (Å²) < 4.78 is 30.5. The maximum atomic E-state index is 11.6.